The quantitative estimate of drug-likeness (QED) is 0.597. The summed E-state index contributed by atoms with van der Waals surface area (Å²) in [5, 5.41) is 14.6. The molecule has 1 unspecified atom stereocenters. The Morgan fingerprint density at radius 2 is 2.18 bits per heavy atom. The molecule has 0 aliphatic rings. The fraction of sp³-hybridized carbons (Fsp3) is 0.467. The largest absolute Gasteiger partial charge is 0.497 e. The molecule has 1 rings (SSSR count). The number of carboxylic acids is 1. The number of benzene rings is 1. The van der Waals surface area contributed by atoms with E-state index in [1.807, 2.05) is 30.5 Å². The van der Waals surface area contributed by atoms with Crippen molar-refractivity contribution in [2.45, 2.75) is 19.0 Å². The SMILES string of the molecule is COc1cccc(CNCC(=O)NC(CCSC)C(=O)O)c1. The molecule has 0 heterocycles. The molecule has 1 amide bonds. The Hall–Kier alpha value is -1.73. The van der Waals surface area contributed by atoms with E-state index in [2.05, 4.69) is 10.6 Å². The maximum Gasteiger partial charge on any atom is 0.326 e. The summed E-state index contributed by atoms with van der Waals surface area (Å²) in [6.07, 6.45) is 2.31. The molecule has 0 radical (unpaired) electrons. The molecule has 3 N–H and O–H groups in total. The van der Waals surface area contributed by atoms with Crippen LogP contribution >= 0.6 is 11.8 Å². The van der Waals surface area contributed by atoms with Crippen LogP contribution in [0.5, 0.6) is 5.75 Å². The van der Waals surface area contributed by atoms with Crippen molar-refractivity contribution < 1.29 is 19.4 Å². The van der Waals surface area contributed by atoms with Gasteiger partial charge >= 0.3 is 5.97 Å². The second-order valence-corrected chi connectivity index (χ2v) is 5.68. The summed E-state index contributed by atoms with van der Waals surface area (Å²) < 4.78 is 5.12. The number of hydrogen-bond donors (Lipinski definition) is 3. The van der Waals surface area contributed by atoms with E-state index < -0.39 is 12.0 Å². The molecule has 0 saturated carbocycles. The molecule has 22 heavy (non-hydrogen) atoms. The smallest absolute Gasteiger partial charge is 0.326 e. The van der Waals surface area contributed by atoms with Crippen molar-refractivity contribution in [3.8, 4) is 5.75 Å². The summed E-state index contributed by atoms with van der Waals surface area (Å²) in [5.74, 6) is 0.118. The van der Waals surface area contributed by atoms with Crippen molar-refractivity contribution in [2.75, 3.05) is 25.7 Å². The van der Waals surface area contributed by atoms with Crippen LogP contribution in [0.1, 0.15) is 12.0 Å². The maximum atomic E-state index is 11.8. The van der Waals surface area contributed by atoms with Crippen LogP contribution in [0.2, 0.25) is 0 Å². The minimum absolute atomic E-state index is 0.0697. The van der Waals surface area contributed by atoms with Crippen molar-refractivity contribution >= 4 is 23.6 Å². The fourth-order valence-electron chi connectivity index (χ4n) is 1.84. The normalized spacial score (nSPS) is 11.7. The van der Waals surface area contributed by atoms with Crippen LogP contribution in [0.3, 0.4) is 0 Å². The van der Waals surface area contributed by atoms with Gasteiger partial charge in [-0.25, -0.2) is 4.79 Å². The summed E-state index contributed by atoms with van der Waals surface area (Å²) >= 11 is 1.55. The van der Waals surface area contributed by atoms with E-state index in [1.54, 1.807) is 18.9 Å². The highest BCUT2D eigenvalue weighted by atomic mass is 32.2. The van der Waals surface area contributed by atoms with E-state index >= 15 is 0 Å². The van der Waals surface area contributed by atoms with Crippen LogP contribution in [0.15, 0.2) is 24.3 Å². The zero-order valence-electron chi connectivity index (χ0n) is 12.8. The zero-order chi connectivity index (χ0) is 16.4. The number of thioether (sulfide) groups is 1. The van der Waals surface area contributed by atoms with Crippen molar-refractivity contribution in [1.82, 2.24) is 10.6 Å². The number of carboxylic acid groups (broad SMARTS) is 1. The average molecular weight is 326 g/mol. The summed E-state index contributed by atoms with van der Waals surface area (Å²) in [7, 11) is 1.60. The third kappa shape index (κ3) is 6.82. The molecule has 7 heteroatoms. The number of carbonyl (C=O) groups is 2. The number of hydrogen-bond acceptors (Lipinski definition) is 5. The molecule has 1 aromatic rings. The molecule has 0 spiro atoms. The van der Waals surface area contributed by atoms with Crippen molar-refractivity contribution in [3.63, 3.8) is 0 Å². The molecule has 0 saturated heterocycles. The Bertz CT molecular complexity index is 496. The first kappa shape index (κ1) is 18.3. The van der Waals surface area contributed by atoms with Gasteiger partial charge in [0, 0.05) is 6.54 Å². The average Bonchev–Trinajstić information content (AvgIpc) is 2.51. The molecule has 0 fully saturated rings. The van der Waals surface area contributed by atoms with E-state index in [9.17, 15) is 9.59 Å². The van der Waals surface area contributed by atoms with Gasteiger partial charge in [0.2, 0.25) is 5.91 Å². The number of nitrogens with one attached hydrogen (secondary N) is 2. The van der Waals surface area contributed by atoms with Gasteiger partial charge in [-0.1, -0.05) is 12.1 Å². The number of amides is 1. The van der Waals surface area contributed by atoms with E-state index in [0.29, 0.717) is 18.7 Å². The molecule has 0 aliphatic carbocycles. The molecule has 0 bridgehead atoms. The molecule has 6 nitrogen and oxygen atoms in total. The molecular formula is C15H22N2O4S. The molecule has 0 aromatic heterocycles. The highest BCUT2D eigenvalue weighted by molar-refractivity contribution is 7.98. The Morgan fingerprint density at radius 1 is 1.41 bits per heavy atom. The monoisotopic (exact) mass is 326 g/mol. The van der Waals surface area contributed by atoms with Gasteiger partial charge in [0.1, 0.15) is 11.8 Å². The van der Waals surface area contributed by atoms with Gasteiger partial charge in [0.15, 0.2) is 0 Å². The predicted molar refractivity (Wildman–Crippen MR) is 87.3 cm³/mol. The van der Waals surface area contributed by atoms with E-state index in [1.165, 1.54) is 0 Å². The predicted octanol–water partition coefficient (Wildman–Crippen LogP) is 1.11. The lowest BCUT2D eigenvalue weighted by Crippen LogP contribution is -2.44. The Kier molecular flexibility index (Phi) is 8.39. The van der Waals surface area contributed by atoms with Crippen LogP contribution in [0.25, 0.3) is 0 Å². The molecular weight excluding hydrogens is 304 g/mol. The molecule has 1 aromatic carbocycles. The summed E-state index contributed by atoms with van der Waals surface area (Å²) in [6.45, 7) is 0.577. The van der Waals surface area contributed by atoms with Crippen LogP contribution in [0, 0.1) is 0 Å². The third-order valence-corrected chi connectivity index (χ3v) is 3.64. The highest BCUT2D eigenvalue weighted by Gasteiger charge is 2.18. The van der Waals surface area contributed by atoms with E-state index in [4.69, 9.17) is 9.84 Å². The maximum absolute atomic E-state index is 11.8. The first-order valence-electron chi connectivity index (χ1n) is 6.91. The Balaban J connectivity index is 2.36. The molecule has 1 atom stereocenters. The van der Waals surface area contributed by atoms with Crippen molar-refractivity contribution in [1.29, 1.82) is 0 Å². The number of aliphatic carboxylic acids is 1. The van der Waals surface area contributed by atoms with Crippen LogP contribution in [-0.2, 0) is 16.1 Å². The van der Waals surface area contributed by atoms with Gasteiger partial charge < -0.3 is 20.5 Å². The van der Waals surface area contributed by atoms with Crippen molar-refractivity contribution in [3.05, 3.63) is 29.8 Å². The van der Waals surface area contributed by atoms with Gasteiger partial charge in [-0.05, 0) is 36.1 Å². The topological polar surface area (TPSA) is 87.7 Å². The van der Waals surface area contributed by atoms with Gasteiger partial charge in [-0.2, -0.15) is 11.8 Å². The second-order valence-electron chi connectivity index (χ2n) is 4.69. The van der Waals surface area contributed by atoms with Crippen LogP contribution in [0.4, 0.5) is 0 Å². The number of ether oxygens (including phenoxy) is 1. The van der Waals surface area contributed by atoms with Crippen LogP contribution in [-0.4, -0.2) is 48.7 Å². The lowest BCUT2D eigenvalue weighted by atomic mass is 10.2. The minimum atomic E-state index is -1.00. The summed E-state index contributed by atoms with van der Waals surface area (Å²) in [4.78, 5) is 22.8. The standard InChI is InChI=1S/C15H22N2O4S/c1-21-12-5-3-4-11(8-12)9-16-10-14(18)17-13(15(19)20)6-7-22-2/h3-5,8,13,16H,6-7,9-10H2,1-2H3,(H,17,18)(H,19,20). The first-order valence-corrected chi connectivity index (χ1v) is 8.31. The van der Waals surface area contributed by atoms with E-state index in [-0.39, 0.29) is 12.5 Å². The summed E-state index contributed by atoms with van der Waals surface area (Å²) in [6, 6.07) is 6.69. The van der Waals surface area contributed by atoms with Gasteiger partial charge in [-0.3, -0.25) is 4.79 Å². The number of carbonyl (C=O) groups excluding carboxylic acids is 1. The van der Waals surface area contributed by atoms with Crippen LogP contribution < -0.4 is 15.4 Å². The fourth-order valence-corrected chi connectivity index (χ4v) is 2.31. The number of rotatable bonds is 10. The second kappa shape index (κ2) is 10.1. The van der Waals surface area contributed by atoms with Gasteiger partial charge in [0.25, 0.3) is 0 Å². The highest BCUT2D eigenvalue weighted by Crippen LogP contribution is 2.11. The minimum Gasteiger partial charge on any atom is -0.497 e. The summed E-state index contributed by atoms with van der Waals surface area (Å²) in [5.41, 5.74) is 0.990. The van der Waals surface area contributed by atoms with Gasteiger partial charge in [0.05, 0.1) is 13.7 Å². The molecule has 122 valence electrons. The zero-order valence-corrected chi connectivity index (χ0v) is 13.6. The Morgan fingerprint density at radius 3 is 2.82 bits per heavy atom. The first-order chi connectivity index (χ1) is 10.6. The van der Waals surface area contributed by atoms with Gasteiger partial charge in [-0.15, -0.1) is 0 Å². The third-order valence-electron chi connectivity index (χ3n) is 2.99. The lowest BCUT2D eigenvalue weighted by Gasteiger charge is -2.14. The number of methoxy groups -OCH3 is 1. The lowest BCUT2D eigenvalue weighted by molar-refractivity contribution is -0.141. The van der Waals surface area contributed by atoms with E-state index in [0.717, 1.165) is 11.3 Å². The van der Waals surface area contributed by atoms with Crippen molar-refractivity contribution in [2.24, 2.45) is 0 Å². The Labute approximate surface area is 134 Å². The molecule has 0 aliphatic heterocycles.